The largest absolute Gasteiger partial charge is 0.462 e. The maximum absolute atomic E-state index is 14.3. The minimum Gasteiger partial charge on any atom is -0.462 e. The quantitative estimate of drug-likeness (QED) is 0.0124. The molecule has 602 valence electrons. The number of unbranched alkanes of at least 4 members (excludes halogenated alkanes) is 34. The summed E-state index contributed by atoms with van der Waals surface area (Å²) < 4.78 is 68.1. The van der Waals surface area contributed by atoms with E-state index in [9.17, 15) is 23.9 Å². The second-order valence-electron chi connectivity index (χ2n) is 30.4. The van der Waals surface area contributed by atoms with Gasteiger partial charge >= 0.3 is 19.5 Å². The Morgan fingerprint density at radius 2 is 0.657 bits per heavy atom. The number of hydrogen-bond donors (Lipinski definition) is 2. The second kappa shape index (κ2) is 60.7. The van der Waals surface area contributed by atoms with Crippen molar-refractivity contribution in [1.29, 1.82) is 0 Å². The van der Waals surface area contributed by atoms with Crippen LogP contribution in [0.25, 0.3) is 0 Å². The summed E-state index contributed by atoms with van der Waals surface area (Å²) in [5.74, 6) is -0.524. The van der Waals surface area contributed by atoms with Gasteiger partial charge in [-0.1, -0.05) is 377 Å². The lowest BCUT2D eigenvalue weighted by Gasteiger charge is -2.49. The van der Waals surface area contributed by atoms with Crippen LogP contribution >= 0.6 is 19.6 Å². The molecule has 0 heterocycles. The summed E-state index contributed by atoms with van der Waals surface area (Å²) in [6, 6.07) is 51.0. The SMILES string of the molecule is CCCCCCCCCCCCCCCC(=O)OCC(CC(CCCCCC/C=C\CCCCCCCCP(=O)(O)O)SO[C@@H]1[C@@H](OCc2ccccc2)[C@H](OCc2ccccc2)[C@@H](OCc2ccccc2)[C@H](OCc2ccccc2)[C@@H]1OCc1ccccc1)OC(=O)CCCCCCCCCCCCCCC. The Balaban J connectivity index is 1.27. The van der Waals surface area contributed by atoms with E-state index < -0.39 is 50.3 Å². The van der Waals surface area contributed by atoms with Crippen LogP contribution in [0.15, 0.2) is 164 Å². The lowest BCUT2D eigenvalue weighted by atomic mass is 9.83. The Bertz CT molecular complexity index is 2910. The van der Waals surface area contributed by atoms with Gasteiger partial charge in [0, 0.05) is 30.7 Å². The predicted molar refractivity (Wildman–Crippen MR) is 443 cm³/mol. The van der Waals surface area contributed by atoms with Gasteiger partial charge in [0.25, 0.3) is 0 Å². The number of allylic oxidation sites excluding steroid dienone is 2. The number of rotatable bonds is 67. The Hall–Kier alpha value is -4.96. The number of carbonyl (C=O) groups excluding carboxylic acids is 2. The highest BCUT2D eigenvalue weighted by Gasteiger charge is 2.56. The summed E-state index contributed by atoms with van der Waals surface area (Å²) in [6.45, 7) is 5.80. The third-order valence-electron chi connectivity index (χ3n) is 20.8. The van der Waals surface area contributed by atoms with Gasteiger partial charge in [-0.25, -0.2) is 0 Å². The van der Waals surface area contributed by atoms with Gasteiger partial charge in [0.15, 0.2) is 0 Å². The van der Waals surface area contributed by atoms with Crippen molar-refractivity contribution in [3.05, 3.63) is 192 Å². The van der Waals surface area contributed by atoms with Crippen LogP contribution in [0.4, 0.5) is 0 Å². The molecule has 13 nitrogen and oxygen atoms in total. The Morgan fingerprint density at radius 1 is 0.370 bits per heavy atom. The fourth-order valence-electron chi connectivity index (χ4n) is 14.4. The maximum atomic E-state index is 14.3. The summed E-state index contributed by atoms with van der Waals surface area (Å²) >= 11 is 1.38. The number of carbonyl (C=O) groups is 2. The highest BCUT2D eigenvalue weighted by molar-refractivity contribution is 7.95. The van der Waals surface area contributed by atoms with Crippen LogP contribution in [0, 0.1) is 0 Å². The van der Waals surface area contributed by atoms with E-state index >= 15 is 0 Å². The first kappa shape index (κ1) is 91.9. The highest BCUT2D eigenvalue weighted by atomic mass is 32.2. The van der Waals surface area contributed by atoms with Crippen molar-refractivity contribution < 1.29 is 61.3 Å². The number of benzene rings is 5. The molecule has 2 N–H and O–H groups in total. The van der Waals surface area contributed by atoms with E-state index in [4.69, 9.17) is 37.3 Å². The zero-order chi connectivity index (χ0) is 76.3. The van der Waals surface area contributed by atoms with Crippen LogP contribution in [0.5, 0.6) is 0 Å². The molecule has 0 aromatic heterocycles. The monoisotopic (exact) mass is 1530 g/mol. The molecule has 5 aromatic rings. The van der Waals surface area contributed by atoms with Crippen LogP contribution in [-0.2, 0) is 84.5 Å². The zero-order valence-electron chi connectivity index (χ0n) is 66.6. The van der Waals surface area contributed by atoms with Crippen LogP contribution in [0.2, 0.25) is 0 Å². The molecule has 5 aromatic carbocycles. The van der Waals surface area contributed by atoms with Crippen molar-refractivity contribution in [1.82, 2.24) is 0 Å². The number of esters is 2. The number of ether oxygens (including phenoxy) is 7. The van der Waals surface area contributed by atoms with Gasteiger partial charge in [-0.15, -0.1) is 0 Å². The average Bonchev–Trinajstić information content (AvgIpc) is 0.763. The summed E-state index contributed by atoms with van der Waals surface area (Å²) in [5, 5.41) is -0.228. The highest BCUT2D eigenvalue weighted by Crippen LogP contribution is 2.40. The maximum Gasteiger partial charge on any atom is 0.325 e. The van der Waals surface area contributed by atoms with Crippen LogP contribution in [0.3, 0.4) is 0 Å². The first-order chi connectivity index (χ1) is 53.1. The molecular formula is C93H141O13PS. The smallest absolute Gasteiger partial charge is 0.325 e. The van der Waals surface area contributed by atoms with Crippen molar-refractivity contribution in [3.8, 4) is 0 Å². The molecule has 0 saturated heterocycles. The van der Waals surface area contributed by atoms with E-state index in [1.165, 1.54) is 140 Å². The van der Waals surface area contributed by atoms with Gasteiger partial charge in [0.05, 0.1) is 33.0 Å². The van der Waals surface area contributed by atoms with Crippen molar-refractivity contribution in [2.24, 2.45) is 0 Å². The number of hydrogen-bond acceptors (Lipinski definition) is 12. The zero-order valence-corrected chi connectivity index (χ0v) is 68.3. The fourth-order valence-corrected chi connectivity index (χ4v) is 16.1. The van der Waals surface area contributed by atoms with E-state index in [1.807, 2.05) is 91.0 Å². The van der Waals surface area contributed by atoms with Gasteiger partial charge in [-0.2, -0.15) is 0 Å². The Morgan fingerprint density at radius 3 is 0.991 bits per heavy atom. The molecule has 0 bridgehead atoms. The van der Waals surface area contributed by atoms with Gasteiger partial charge in [-0.05, 0) is 91.2 Å². The van der Waals surface area contributed by atoms with E-state index in [2.05, 4.69) is 86.7 Å². The summed E-state index contributed by atoms with van der Waals surface area (Å²) in [6.07, 6.45) is 44.4. The van der Waals surface area contributed by atoms with Gasteiger partial charge in [0.2, 0.25) is 0 Å². The first-order valence-corrected chi connectivity index (χ1v) is 45.3. The van der Waals surface area contributed by atoms with Gasteiger partial charge in [-0.3, -0.25) is 14.2 Å². The predicted octanol–water partition coefficient (Wildman–Crippen LogP) is 24.9. The van der Waals surface area contributed by atoms with Gasteiger partial charge in [0.1, 0.15) is 49.3 Å². The topological polar surface area (TPSA) is 166 Å². The third-order valence-corrected chi connectivity index (χ3v) is 22.7. The standard InChI is InChI=1S/C93H141O13PS/c1-3-5-7-9-11-13-15-19-24-28-32-36-55-69-86(94)99-78-84(105-87(95)70-56-37-33-29-25-20-16-14-12-10-8-6-4-2)72-85(68-54-35-31-27-23-21-17-18-22-26-30-34-38-57-71-107(96,97)98)108-106-93-91(103-76-82-64-50-42-51-65-82)89(101-74-80-60-46-40-47-61-80)88(100-73-79-58-44-39-45-59-79)90(102-75-81-62-48-41-49-63-81)92(93)104-77-83-66-52-43-53-67-83/h17,21,39-53,58-67,84-85,88-93H,3-16,18-20,22-38,54-57,68-78H2,1-2H3,(H2,96,97,98)/b21-17-/t84?,85?,88-,89-,90+,91-,92-,93-/m0/s1. The van der Waals surface area contributed by atoms with Crippen LogP contribution < -0.4 is 0 Å². The molecule has 108 heavy (non-hydrogen) atoms. The van der Waals surface area contributed by atoms with Gasteiger partial charge < -0.3 is 47.1 Å². The molecule has 1 saturated carbocycles. The molecule has 1 aliphatic rings. The molecule has 0 aliphatic heterocycles. The molecule has 15 heteroatoms. The molecule has 0 spiro atoms. The summed E-state index contributed by atoms with van der Waals surface area (Å²) in [4.78, 5) is 46.5. The molecule has 0 radical (unpaired) electrons. The van der Waals surface area contributed by atoms with Crippen molar-refractivity contribution in [3.63, 3.8) is 0 Å². The average molecular weight is 1530 g/mol. The lowest BCUT2D eigenvalue weighted by molar-refractivity contribution is -0.277. The van der Waals surface area contributed by atoms with E-state index in [-0.39, 0.29) is 63.0 Å². The van der Waals surface area contributed by atoms with Crippen molar-refractivity contribution in [2.45, 2.75) is 365 Å². The van der Waals surface area contributed by atoms with Crippen LogP contribution in [0.1, 0.15) is 311 Å². The molecule has 8 atom stereocenters. The van der Waals surface area contributed by atoms with Crippen LogP contribution in [-0.4, -0.2) is 82.5 Å². The van der Waals surface area contributed by atoms with Crippen molar-refractivity contribution in [2.75, 3.05) is 12.8 Å². The van der Waals surface area contributed by atoms with Crippen molar-refractivity contribution >= 4 is 31.6 Å². The fraction of sp³-hybridized carbons (Fsp3) is 0.634. The molecule has 6 rings (SSSR count). The minimum absolute atomic E-state index is 0.0232. The summed E-state index contributed by atoms with van der Waals surface area (Å²) in [5.41, 5.74) is 4.96. The molecule has 1 fully saturated rings. The second-order valence-corrected chi connectivity index (χ2v) is 33.2. The first-order valence-electron chi connectivity index (χ1n) is 42.7. The molecular weight excluding hydrogens is 1390 g/mol. The van der Waals surface area contributed by atoms with E-state index in [0.717, 1.165) is 143 Å². The lowest BCUT2D eigenvalue weighted by Crippen LogP contribution is -2.67. The molecule has 2 unspecified atom stereocenters. The molecule has 0 amide bonds. The summed E-state index contributed by atoms with van der Waals surface area (Å²) in [7, 11) is -3.92. The molecule has 1 aliphatic carbocycles. The minimum atomic E-state index is -3.92. The van der Waals surface area contributed by atoms with E-state index in [0.29, 0.717) is 25.7 Å². The third kappa shape index (κ3) is 43.7. The Kier molecular flexibility index (Phi) is 51.6. The van der Waals surface area contributed by atoms with E-state index in [1.54, 1.807) is 0 Å². The normalized spacial score (nSPS) is 17.3. The Labute approximate surface area is 658 Å².